The van der Waals surface area contributed by atoms with Crippen molar-refractivity contribution in [3.05, 3.63) is 36.5 Å². The fourth-order valence-corrected chi connectivity index (χ4v) is 5.13. The molecule has 26 heavy (non-hydrogen) atoms. The lowest BCUT2D eigenvalue weighted by atomic mass is 9.93. The minimum absolute atomic E-state index is 0.712. The molecular formula is C22H30N4. The van der Waals surface area contributed by atoms with E-state index in [-0.39, 0.29) is 0 Å². The maximum atomic E-state index is 4.68. The van der Waals surface area contributed by atoms with Gasteiger partial charge >= 0.3 is 0 Å². The first-order chi connectivity index (χ1) is 12.9. The molecule has 0 spiro atoms. The van der Waals surface area contributed by atoms with Crippen LogP contribution in [0.25, 0.3) is 10.8 Å². The molecule has 3 heterocycles. The Labute approximate surface area is 156 Å². The molecule has 1 aliphatic carbocycles. The van der Waals surface area contributed by atoms with Crippen molar-refractivity contribution < 1.29 is 0 Å². The number of benzene rings is 1. The highest BCUT2D eigenvalue weighted by atomic mass is 15.4. The van der Waals surface area contributed by atoms with Gasteiger partial charge in [0, 0.05) is 62.9 Å². The largest absolute Gasteiger partial charge is 0.353 e. The molecule has 4 heteroatoms. The lowest BCUT2D eigenvalue weighted by Crippen LogP contribution is -2.64. The highest BCUT2D eigenvalue weighted by molar-refractivity contribution is 5.92. The zero-order valence-electron chi connectivity index (χ0n) is 15.7. The van der Waals surface area contributed by atoms with Crippen molar-refractivity contribution in [1.82, 2.24) is 14.8 Å². The van der Waals surface area contributed by atoms with Crippen molar-refractivity contribution in [3.63, 3.8) is 0 Å². The first kappa shape index (κ1) is 16.5. The molecule has 4 nitrogen and oxygen atoms in total. The van der Waals surface area contributed by atoms with E-state index in [9.17, 15) is 0 Å². The van der Waals surface area contributed by atoms with Crippen LogP contribution in [0.5, 0.6) is 0 Å². The van der Waals surface area contributed by atoms with Gasteiger partial charge in [-0.25, -0.2) is 4.98 Å². The van der Waals surface area contributed by atoms with E-state index in [2.05, 4.69) is 50.0 Å². The van der Waals surface area contributed by atoms with Crippen LogP contribution in [0.1, 0.15) is 32.1 Å². The fraction of sp³-hybridized carbons (Fsp3) is 0.591. The molecular weight excluding hydrogens is 320 g/mol. The van der Waals surface area contributed by atoms with E-state index in [4.69, 9.17) is 0 Å². The minimum Gasteiger partial charge on any atom is -0.353 e. The number of aromatic nitrogens is 1. The summed E-state index contributed by atoms with van der Waals surface area (Å²) in [6.07, 6.45) is 9.17. The predicted octanol–water partition coefficient (Wildman–Crippen LogP) is 3.37. The van der Waals surface area contributed by atoms with E-state index in [0.29, 0.717) is 6.04 Å². The Morgan fingerprint density at radius 1 is 0.769 bits per heavy atom. The maximum absolute atomic E-state index is 4.68. The molecule has 0 radical (unpaired) electrons. The number of anilines is 1. The molecule has 1 aromatic heterocycles. The van der Waals surface area contributed by atoms with Gasteiger partial charge < -0.3 is 4.90 Å². The molecule has 1 aromatic carbocycles. The van der Waals surface area contributed by atoms with Gasteiger partial charge in [-0.15, -0.1) is 0 Å². The standard InChI is InChI=1S/C22H30N4/c1-2-7-19(8-3-1)24-12-14-25(15-13-24)20-16-26(17-20)22-21-9-5-4-6-18(21)10-11-23-22/h4-6,9-11,19-20H,1-3,7-8,12-17H2. The number of rotatable bonds is 3. The van der Waals surface area contributed by atoms with Crippen molar-refractivity contribution in [2.75, 3.05) is 44.2 Å². The summed E-state index contributed by atoms with van der Waals surface area (Å²) in [7, 11) is 0. The second-order valence-corrected chi connectivity index (χ2v) is 8.28. The summed E-state index contributed by atoms with van der Waals surface area (Å²) in [6.45, 7) is 7.30. The molecule has 0 atom stereocenters. The van der Waals surface area contributed by atoms with Gasteiger partial charge in [0.05, 0.1) is 0 Å². The third kappa shape index (κ3) is 3.10. The van der Waals surface area contributed by atoms with Crippen molar-refractivity contribution in [1.29, 1.82) is 0 Å². The number of fused-ring (bicyclic) bond motifs is 1. The maximum Gasteiger partial charge on any atom is 0.136 e. The SMILES string of the molecule is c1ccc2c(N3CC(N4CCN(C5CCCCC5)CC4)C3)nccc2c1. The monoisotopic (exact) mass is 350 g/mol. The smallest absolute Gasteiger partial charge is 0.136 e. The summed E-state index contributed by atoms with van der Waals surface area (Å²) in [5, 5.41) is 2.58. The normalized spacial score (nSPS) is 24.1. The first-order valence-electron chi connectivity index (χ1n) is 10.5. The van der Waals surface area contributed by atoms with E-state index in [1.807, 2.05) is 6.20 Å². The molecule has 138 valence electrons. The average Bonchev–Trinajstić information content (AvgIpc) is 2.68. The Balaban J connectivity index is 1.17. The molecule has 1 saturated carbocycles. The second-order valence-electron chi connectivity index (χ2n) is 8.28. The molecule has 2 saturated heterocycles. The Morgan fingerprint density at radius 3 is 2.23 bits per heavy atom. The van der Waals surface area contributed by atoms with Crippen molar-refractivity contribution in [2.24, 2.45) is 0 Å². The lowest BCUT2D eigenvalue weighted by molar-refractivity contribution is 0.0487. The minimum atomic E-state index is 0.712. The Morgan fingerprint density at radius 2 is 1.46 bits per heavy atom. The molecule has 0 amide bonds. The molecule has 2 aromatic rings. The molecule has 2 aliphatic heterocycles. The van der Waals surface area contributed by atoms with Gasteiger partial charge in [-0.2, -0.15) is 0 Å². The van der Waals surface area contributed by atoms with Gasteiger partial charge in [-0.1, -0.05) is 43.5 Å². The zero-order chi connectivity index (χ0) is 17.3. The van der Waals surface area contributed by atoms with E-state index in [0.717, 1.165) is 19.1 Å². The predicted molar refractivity (Wildman–Crippen MR) is 108 cm³/mol. The Bertz CT molecular complexity index is 735. The third-order valence-electron chi connectivity index (χ3n) is 6.77. The summed E-state index contributed by atoms with van der Waals surface area (Å²) in [5.41, 5.74) is 0. The highest BCUT2D eigenvalue weighted by Crippen LogP contribution is 2.30. The third-order valence-corrected chi connectivity index (χ3v) is 6.77. The fourth-order valence-electron chi connectivity index (χ4n) is 5.13. The van der Waals surface area contributed by atoms with Crippen LogP contribution < -0.4 is 4.90 Å². The highest BCUT2D eigenvalue weighted by Gasteiger charge is 2.35. The van der Waals surface area contributed by atoms with Crippen molar-refractivity contribution >= 4 is 16.6 Å². The zero-order valence-corrected chi connectivity index (χ0v) is 15.7. The Kier molecular flexibility index (Phi) is 4.55. The van der Waals surface area contributed by atoms with Crippen LogP contribution >= 0.6 is 0 Å². The van der Waals surface area contributed by atoms with Gasteiger partial charge in [0.2, 0.25) is 0 Å². The van der Waals surface area contributed by atoms with Gasteiger partial charge in [-0.3, -0.25) is 9.80 Å². The molecule has 0 unspecified atom stereocenters. The van der Waals surface area contributed by atoms with Gasteiger partial charge in [-0.05, 0) is 24.3 Å². The molecule has 3 fully saturated rings. The van der Waals surface area contributed by atoms with E-state index < -0.39 is 0 Å². The van der Waals surface area contributed by atoms with E-state index >= 15 is 0 Å². The van der Waals surface area contributed by atoms with E-state index in [1.165, 1.54) is 74.9 Å². The van der Waals surface area contributed by atoms with Gasteiger partial charge in [0.15, 0.2) is 0 Å². The van der Waals surface area contributed by atoms with Crippen LogP contribution in [-0.2, 0) is 0 Å². The van der Waals surface area contributed by atoms with Crippen LogP contribution in [0.15, 0.2) is 36.5 Å². The summed E-state index contributed by atoms with van der Waals surface area (Å²) in [5.74, 6) is 1.17. The quantitative estimate of drug-likeness (QED) is 0.846. The number of hydrogen-bond donors (Lipinski definition) is 0. The number of pyridine rings is 1. The summed E-state index contributed by atoms with van der Waals surface area (Å²) in [4.78, 5) is 12.6. The number of hydrogen-bond acceptors (Lipinski definition) is 4. The van der Waals surface area contributed by atoms with Gasteiger partial charge in [0.1, 0.15) is 5.82 Å². The van der Waals surface area contributed by atoms with Crippen molar-refractivity contribution in [3.8, 4) is 0 Å². The summed E-state index contributed by atoms with van der Waals surface area (Å²) in [6, 6.07) is 12.3. The van der Waals surface area contributed by atoms with Crippen LogP contribution in [0, 0.1) is 0 Å². The van der Waals surface area contributed by atoms with Crippen molar-refractivity contribution in [2.45, 2.75) is 44.2 Å². The second kappa shape index (κ2) is 7.16. The van der Waals surface area contributed by atoms with E-state index in [1.54, 1.807) is 0 Å². The number of piperazine rings is 1. The number of nitrogens with zero attached hydrogens (tertiary/aromatic N) is 4. The lowest BCUT2D eigenvalue weighted by Gasteiger charge is -2.50. The van der Waals surface area contributed by atoms with Crippen LogP contribution in [0.3, 0.4) is 0 Å². The summed E-state index contributed by atoms with van der Waals surface area (Å²) >= 11 is 0. The van der Waals surface area contributed by atoms with Crippen LogP contribution in [0.4, 0.5) is 5.82 Å². The van der Waals surface area contributed by atoms with Crippen LogP contribution in [-0.4, -0.2) is 66.1 Å². The van der Waals surface area contributed by atoms with Crippen LogP contribution in [0.2, 0.25) is 0 Å². The molecule has 0 bridgehead atoms. The molecule has 0 N–H and O–H groups in total. The summed E-state index contributed by atoms with van der Waals surface area (Å²) < 4.78 is 0. The topological polar surface area (TPSA) is 22.6 Å². The van der Waals surface area contributed by atoms with Gasteiger partial charge in [0.25, 0.3) is 0 Å². The first-order valence-corrected chi connectivity index (χ1v) is 10.5. The molecule has 3 aliphatic rings. The average molecular weight is 351 g/mol. The molecule has 5 rings (SSSR count). The Hall–Kier alpha value is -1.65.